The van der Waals surface area contributed by atoms with Gasteiger partial charge in [0.1, 0.15) is 5.75 Å². The maximum atomic E-state index is 13.0. The molecule has 1 aromatic carbocycles. The average molecular weight is 372 g/mol. The first-order chi connectivity index (χ1) is 13.0. The second kappa shape index (κ2) is 9.03. The van der Waals surface area contributed by atoms with Crippen LogP contribution in [-0.4, -0.2) is 49.6 Å². The topological polar surface area (TPSA) is 49.8 Å². The molecule has 0 saturated heterocycles. The summed E-state index contributed by atoms with van der Waals surface area (Å²) in [6.45, 7) is 1.15. The van der Waals surface area contributed by atoms with E-state index < -0.39 is 6.10 Å². The molecular weight excluding hydrogens is 338 g/mol. The Kier molecular flexibility index (Phi) is 6.72. The summed E-state index contributed by atoms with van der Waals surface area (Å²) in [6, 6.07) is 7.26. The summed E-state index contributed by atoms with van der Waals surface area (Å²) in [6.07, 6.45) is 8.39. The van der Waals surface area contributed by atoms with E-state index in [1.807, 2.05) is 24.3 Å². The highest BCUT2D eigenvalue weighted by atomic mass is 16.5. The second-order valence-corrected chi connectivity index (χ2v) is 8.39. The molecule has 4 atom stereocenters. The Bertz CT molecular complexity index is 665. The highest BCUT2D eigenvalue weighted by Gasteiger charge is 2.47. The number of hydrogen-bond donors (Lipinski definition) is 1. The van der Waals surface area contributed by atoms with Crippen LogP contribution in [0.2, 0.25) is 0 Å². The maximum absolute atomic E-state index is 13.0. The fourth-order valence-corrected chi connectivity index (χ4v) is 4.75. The molecule has 0 heterocycles. The van der Waals surface area contributed by atoms with Crippen molar-refractivity contribution in [1.82, 2.24) is 4.90 Å². The predicted octanol–water partition coefficient (Wildman–Crippen LogP) is 3.94. The Labute approximate surface area is 163 Å². The summed E-state index contributed by atoms with van der Waals surface area (Å²) < 4.78 is 5.18. The molecule has 1 fully saturated rings. The van der Waals surface area contributed by atoms with Crippen LogP contribution in [0.15, 0.2) is 35.9 Å². The Hall–Kier alpha value is -1.65. The van der Waals surface area contributed by atoms with Crippen molar-refractivity contribution in [3.8, 4) is 5.75 Å². The number of hydrogen-bond acceptors (Lipinski definition) is 4. The van der Waals surface area contributed by atoms with Crippen molar-refractivity contribution in [3.05, 3.63) is 41.5 Å². The van der Waals surface area contributed by atoms with E-state index in [4.69, 9.17) is 4.74 Å². The zero-order chi connectivity index (χ0) is 19.4. The molecule has 0 amide bonds. The van der Waals surface area contributed by atoms with Crippen molar-refractivity contribution in [2.45, 2.75) is 44.6 Å². The molecule has 3 rings (SSSR count). The summed E-state index contributed by atoms with van der Waals surface area (Å²) >= 11 is 0. The molecule has 1 N–H and O–H groups in total. The predicted molar refractivity (Wildman–Crippen MR) is 108 cm³/mol. The number of methoxy groups -OCH3 is 1. The van der Waals surface area contributed by atoms with Gasteiger partial charge in [0.25, 0.3) is 0 Å². The molecular formula is C23H33NO3. The van der Waals surface area contributed by atoms with Gasteiger partial charge in [-0.05, 0) is 88.8 Å². The number of nitrogens with zero attached hydrogens (tertiary/aromatic N) is 1. The Morgan fingerprint density at radius 2 is 1.93 bits per heavy atom. The SMILES string of the molecule is COc1ccc(C(=O)[C@@H]2[C@H]3CC(CCCCCN(C)C)=C[C@H]3C[C@H]2O)cc1. The van der Waals surface area contributed by atoms with Crippen molar-refractivity contribution >= 4 is 5.78 Å². The van der Waals surface area contributed by atoms with E-state index in [1.54, 1.807) is 7.11 Å². The number of Topliss-reactive ketones (excluding diaryl/α,β-unsaturated/α-hetero) is 1. The van der Waals surface area contributed by atoms with Crippen LogP contribution in [0, 0.1) is 17.8 Å². The minimum atomic E-state index is -0.521. The molecule has 0 unspecified atom stereocenters. The lowest BCUT2D eigenvalue weighted by molar-refractivity contribution is 0.0696. The molecule has 0 spiro atoms. The van der Waals surface area contributed by atoms with E-state index in [-0.39, 0.29) is 17.6 Å². The fourth-order valence-electron chi connectivity index (χ4n) is 4.75. The van der Waals surface area contributed by atoms with Crippen LogP contribution in [-0.2, 0) is 0 Å². The van der Waals surface area contributed by atoms with Crippen LogP contribution < -0.4 is 4.74 Å². The van der Waals surface area contributed by atoms with E-state index in [0.29, 0.717) is 11.5 Å². The van der Waals surface area contributed by atoms with Gasteiger partial charge in [-0.25, -0.2) is 0 Å². The van der Waals surface area contributed by atoms with Crippen LogP contribution >= 0.6 is 0 Å². The first kappa shape index (κ1) is 20.1. The smallest absolute Gasteiger partial charge is 0.168 e. The van der Waals surface area contributed by atoms with Crippen molar-refractivity contribution in [2.24, 2.45) is 17.8 Å². The number of carbonyl (C=O) groups is 1. The average Bonchev–Trinajstić information content (AvgIpc) is 3.16. The van der Waals surface area contributed by atoms with E-state index >= 15 is 0 Å². The van der Waals surface area contributed by atoms with Gasteiger partial charge in [0.05, 0.1) is 19.1 Å². The first-order valence-corrected chi connectivity index (χ1v) is 10.2. The summed E-state index contributed by atoms with van der Waals surface area (Å²) in [7, 11) is 5.85. The van der Waals surface area contributed by atoms with Crippen molar-refractivity contribution in [3.63, 3.8) is 0 Å². The van der Waals surface area contributed by atoms with Crippen molar-refractivity contribution in [1.29, 1.82) is 0 Å². The fraction of sp³-hybridized carbons (Fsp3) is 0.609. The molecule has 0 aliphatic heterocycles. The van der Waals surface area contributed by atoms with E-state index in [1.165, 1.54) is 24.8 Å². The third kappa shape index (κ3) is 4.80. The molecule has 4 heteroatoms. The van der Waals surface area contributed by atoms with Gasteiger partial charge in [0, 0.05) is 5.56 Å². The number of rotatable bonds is 9. The third-order valence-electron chi connectivity index (χ3n) is 6.17. The van der Waals surface area contributed by atoms with Gasteiger partial charge in [-0.3, -0.25) is 4.79 Å². The van der Waals surface area contributed by atoms with Crippen molar-refractivity contribution in [2.75, 3.05) is 27.7 Å². The highest BCUT2D eigenvalue weighted by molar-refractivity contribution is 5.98. The normalized spacial score (nSPS) is 26.9. The van der Waals surface area contributed by atoms with Crippen LogP contribution in [0.1, 0.15) is 48.9 Å². The summed E-state index contributed by atoms with van der Waals surface area (Å²) in [5.74, 6) is 1.19. The number of aliphatic hydroxyl groups excluding tert-OH is 1. The summed E-state index contributed by atoms with van der Waals surface area (Å²) in [5, 5.41) is 10.5. The quantitative estimate of drug-likeness (QED) is 0.406. The largest absolute Gasteiger partial charge is 0.497 e. The highest BCUT2D eigenvalue weighted by Crippen LogP contribution is 2.48. The first-order valence-electron chi connectivity index (χ1n) is 10.2. The van der Waals surface area contributed by atoms with Gasteiger partial charge in [-0.15, -0.1) is 0 Å². The van der Waals surface area contributed by atoms with Crippen LogP contribution in [0.5, 0.6) is 5.75 Å². The number of ketones is 1. The number of unbranched alkanes of at least 4 members (excludes halogenated alkanes) is 2. The van der Waals surface area contributed by atoms with Crippen LogP contribution in [0.3, 0.4) is 0 Å². The Morgan fingerprint density at radius 1 is 1.19 bits per heavy atom. The zero-order valence-corrected chi connectivity index (χ0v) is 16.9. The number of benzene rings is 1. The zero-order valence-electron chi connectivity index (χ0n) is 16.9. The van der Waals surface area contributed by atoms with Crippen LogP contribution in [0.4, 0.5) is 0 Å². The van der Waals surface area contributed by atoms with Crippen molar-refractivity contribution < 1.29 is 14.6 Å². The standard InChI is InChI=1S/C23H33NO3/c1-24(2)12-6-4-5-7-16-13-18-15-21(25)22(20(18)14-16)23(26)17-8-10-19(27-3)11-9-17/h8-11,13,18,20-22,25H,4-7,12,14-15H2,1-3H3/t18-,20-,21+,22+/m0/s1. The maximum Gasteiger partial charge on any atom is 0.168 e. The van der Waals surface area contributed by atoms with Gasteiger partial charge in [-0.2, -0.15) is 0 Å². The van der Waals surface area contributed by atoms with E-state index in [0.717, 1.165) is 31.6 Å². The number of fused-ring (bicyclic) bond motifs is 1. The number of aliphatic hydroxyl groups is 1. The molecule has 4 nitrogen and oxygen atoms in total. The number of allylic oxidation sites excluding steroid dienone is 2. The molecule has 0 aromatic heterocycles. The molecule has 27 heavy (non-hydrogen) atoms. The van der Waals surface area contributed by atoms with Gasteiger partial charge >= 0.3 is 0 Å². The Morgan fingerprint density at radius 3 is 2.59 bits per heavy atom. The summed E-state index contributed by atoms with van der Waals surface area (Å²) in [5.41, 5.74) is 2.17. The lowest BCUT2D eigenvalue weighted by Gasteiger charge is -2.21. The Balaban J connectivity index is 1.56. The molecule has 0 radical (unpaired) electrons. The molecule has 1 saturated carbocycles. The number of ether oxygens (including phenoxy) is 1. The lowest BCUT2D eigenvalue weighted by atomic mass is 9.83. The van der Waals surface area contributed by atoms with Gasteiger partial charge in [0.2, 0.25) is 0 Å². The lowest BCUT2D eigenvalue weighted by Crippen LogP contribution is -2.28. The molecule has 148 valence electrons. The molecule has 0 bridgehead atoms. The summed E-state index contributed by atoms with van der Waals surface area (Å²) in [4.78, 5) is 15.3. The minimum absolute atomic E-state index is 0.0817. The number of carbonyl (C=O) groups excluding carboxylic acids is 1. The van der Waals surface area contributed by atoms with E-state index in [9.17, 15) is 9.90 Å². The van der Waals surface area contributed by atoms with Gasteiger partial charge in [-0.1, -0.05) is 18.1 Å². The molecule has 2 aliphatic carbocycles. The molecule has 1 aromatic rings. The van der Waals surface area contributed by atoms with Gasteiger partial charge < -0.3 is 14.7 Å². The monoisotopic (exact) mass is 371 g/mol. The minimum Gasteiger partial charge on any atom is -0.497 e. The van der Waals surface area contributed by atoms with Crippen LogP contribution in [0.25, 0.3) is 0 Å². The third-order valence-corrected chi connectivity index (χ3v) is 6.17. The van der Waals surface area contributed by atoms with E-state index in [2.05, 4.69) is 25.1 Å². The second-order valence-electron chi connectivity index (χ2n) is 8.39. The molecule has 2 aliphatic rings. The van der Waals surface area contributed by atoms with Gasteiger partial charge in [0.15, 0.2) is 5.78 Å².